The first-order valence-corrected chi connectivity index (χ1v) is 8.44. The summed E-state index contributed by atoms with van der Waals surface area (Å²) in [5.41, 5.74) is 6.39. The Labute approximate surface area is 146 Å². The second-order valence-electron chi connectivity index (χ2n) is 6.00. The Morgan fingerprint density at radius 2 is 2.16 bits per heavy atom. The molecule has 0 fully saturated rings. The van der Waals surface area contributed by atoms with E-state index in [2.05, 4.69) is 0 Å². The monoisotopic (exact) mass is 349 g/mol. The highest BCUT2D eigenvalue weighted by Gasteiger charge is 2.37. The molecule has 3 atom stereocenters. The number of aliphatic hydroxyl groups is 1. The molecule has 0 spiro atoms. The van der Waals surface area contributed by atoms with Crippen LogP contribution in [0.25, 0.3) is 0 Å². The van der Waals surface area contributed by atoms with Crippen molar-refractivity contribution in [2.24, 2.45) is 11.7 Å². The lowest BCUT2D eigenvalue weighted by Gasteiger charge is -2.36. The lowest BCUT2D eigenvalue weighted by Crippen LogP contribution is -2.37. The van der Waals surface area contributed by atoms with Crippen LogP contribution in [0.4, 0.5) is 0 Å². The molecule has 7 heteroatoms. The zero-order valence-corrected chi connectivity index (χ0v) is 14.1. The fourth-order valence-corrected chi connectivity index (χ4v) is 3.28. The third-order valence-corrected chi connectivity index (χ3v) is 4.44. The molecule has 0 radical (unpaired) electrons. The second kappa shape index (κ2) is 7.76. The predicted octanol–water partition coefficient (Wildman–Crippen LogP) is 1.65. The first kappa shape index (κ1) is 17.6. The van der Waals surface area contributed by atoms with E-state index in [0.717, 1.165) is 5.56 Å². The summed E-state index contributed by atoms with van der Waals surface area (Å²) in [7, 11) is 0. The molecule has 2 aliphatic heterocycles. The topological polar surface area (TPSA) is 100 Å². The molecule has 1 aromatic carbocycles. The van der Waals surface area contributed by atoms with Gasteiger partial charge in [-0.1, -0.05) is 6.07 Å². The molecule has 2 heterocycles. The number of allylic oxidation sites excluding steroid dienone is 1. The number of aliphatic hydroxyl groups excluding tert-OH is 1. The number of hydrogen-bond acceptors (Lipinski definition) is 6. The van der Waals surface area contributed by atoms with E-state index in [1.807, 2.05) is 25.1 Å². The van der Waals surface area contributed by atoms with Crippen LogP contribution >= 0.6 is 0 Å². The lowest BCUT2D eigenvalue weighted by molar-refractivity contribution is -0.165. The average Bonchev–Trinajstić information content (AvgIpc) is 3.07. The van der Waals surface area contributed by atoms with Gasteiger partial charge in [-0.2, -0.15) is 0 Å². The van der Waals surface area contributed by atoms with Gasteiger partial charge in [-0.3, -0.25) is 4.79 Å². The summed E-state index contributed by atoms with van der Waals surface area (Å²) in [5.74, 6) is 0.636. The van der Waals surface area contributed by atoms with Gasteiger partial charge in [0.1, 0.15) is 0 Å². The summed E-state index contributed by atoms with van der Waals surface area (Å²) in [6.45, 7) is 2.59. The van der Waals surface area contributed by atoms with Crippen LogP contribution in [-0.2, 0) is 14.3 Å². The first-order chi connectivity index (χ1) is 12.1. The van der Waals surface area contributed by atoms with Crippen LogP contribution in [0.3, 0.4) is 0 Å². The van der Waals surface area contributed by atoms with Gasteiger partial charge in [0.05, 0.1) is 0 Å². The summed E-state index contributed by atoms with van der Waals surface area (Å²) < 4.78 is 22.2. The average molecular weight is 349 g/mol. The number of ether oxygens (including phenoxy) is 4. The zero-order chi connectivity index (χ0) is 17.8. The fraction of sp³-hybridized carbons (Fsp3) is 0.500. The van der Waals surface area contributed by atoms with E-state index in [1.165, 1.54) is 0 Å². The van der Waals surface area contributed by atoms with Crippen LogP contribution in [0.1, 0.15) is 31.2 Å². The first-order valence-electron chi connectivity index (χ1n) is 8.44. The van der Waals surface area contributed by atoms with Crippen molar-refractivity contribution in [2.45, 2.75) is 32.0 Å². The summed E-state index contributed by atoms with van der Waals surface area (Å²) in [6.07, 6.45) is 2.43. The molecule has 0 aliphatic carbocycles. The molecule has 0 saturated carbocycles. The molecule has 1 aromatic rings. The van der Waals surface area contributed by atoms with Gasteiger partial charge >= 0.3 is 0 Å². The molecule has 25 heavy (non-hydrogen) atoms. The van der Waals surface area contributed by atoms with E-state index < -0.39 is 12.2 Å². The van der Waals surface area contributed by atoms with Crippen LogP contribution in [0, 0.1) is 5.92 Å². The largest absolute Gasteiger partial charge is 0.459 e. The molecule has 3 rings (SSSR count). The predicted molar refractivity (Wildman–Crippen MR) is 88.9 cm³/mol. The van der Waals surface area contributed by atoms with E-state index >= 15 is 0 Å². The number of primary amides is 1. The van der Waals surface area contributed by atoms with Gasteiger partial charge in [0, 0.05) is 25.0 Å². The summed E-state index contributed by atoms with van der Waals surface area (Å²) in [4.78, 5) is 11.7. The summed E-state index contributed by atoms with van der Waals surface area (Å²) >= 11 is 0. The summed E-state index contributed by atoms with van der Waals surface area (Å²) in [6, 6.07) is 5.69. The van der Waals surface area contributed by atoms with E-state index in [0.29, 0.717) is 30.9 Å². The number of benzene rings is 1. The maximum absolute atomic E-state index is 11.7. The van der Waals surface area contributed by atoms with Gasteiger partial charge < -0.3 is 29.8 Å². The Balaban J connectivity index is 1.97. The van der Waals surface area contributed by atoms with Crippen molar-refractivity contribution in [3.05, 3.63) is 35.6 Å². The van der Waals surface area contributed by atoms with E-state index in [-0.39, 0.29) is 31.0 Å². The minimum absolute atomic E-state index is 0.0597. The number of carbonyl (C=O) groups excluding carboxylic acids is 1. The normalized spacial score (nSPS) is 24.6. The Morgan fingerprint density at radius 1 is 1.36 bits per heavy atom. The third kappa shape index (κ3) is 3.72. The Bertz CT molecular complexity index is 659. The molecule has 0 bridgehead atoms. The number of fused-ring (bicyclic) bond motifs is 1. The van der Waals surface area contributed by atoms with Crippen molar-refractivity contribution < 1.29 is 28.8 Å². The van der Waals surface area contributed by atoms with Gasteiger partial charge in [0.15, 0.2) is 17.3 Å². The standard InChI is InChI=1S/C18H23NO6/c1-2-22-18-12(4-3-7-20)13(9-16(25-18)17(19)21)11-5-6-14-15(8-11)24-10-23-14/h5-6,8-9,12-13,18,20H,2-4,7,10H2,1H3,(H2,19,21)/t12-,13+,18+/m0/s1. The van der Waals surface area contributed by atoms with Crippen molar-refractivity contribution in [1.29, 1.82) is 0 Å². The van der Waals surface area contributed by atoms with Gasteiger partial charge in [0.25, 0.3) is 5.91 Å². The quantitative estimate of drug-likeness (QED) is 0.776. The zero-order valence-electron chi connectivity index (χ0n) is 14.1. The highest BCUT2D eigenvalue weighted by molar-refractivity contribution is 5.90. The molecule has 0 aromatic heterocycles. The molecular weight excluding hydrogens is 326 g/mol. The van der Waals surface area contributed by atoms with E-state index in [9.17, 15) is 9.90 Å². The van der Waals surface area contributed by atoms with Gasteiger partial charge in [-0.15, -0.1) is 0 Å². The van der Waals surface area contributed by atoms with Gasteiger partial charge in [-0.25, -0.2) is 0 Å². The molecule has 3 N–H and O–H groups in total. The number of nitrogens with two attached hydrogens (primary N) is 1. The number of rotatable bonds is 7. The molecule has 7 nitrogen and oxygen atoms in total. The van der Waals surface area contributed by atoms with Crippen LogP contribution in [0.2, 0.25) is 0 Å². The second-order valence-corrected chi connectivity index (χ2v) is 6.00. The van der Waals surface area contributed by atoms with Crippen LogP contribution < -0.4 is 15.2 Å². The Kier molecular flexibility index (Phi) is 5.45. The maximum atomic E-state index is 11.7. The SMILES string of the molecule is CCO[C@@H]1OC(C(N)=O)=C[C@H](c2ccc3c(c2)OCO3)[C@@H]1CCCO. The minimum atomic E-state index is -0.629. The molecule has 0 saturated heterocycles. The Hall–Kier alpha value is -2.25. The Morgan fingerprint density at radius 3 is 2.88 bits per heavy atom. The highest BCUT2D eigenvalue weighted by atomic mass is 16.7. The fourth-order valence-electron chi connectivity index (χ4n) is 3.28. The molecule has 2 aliphatic rings. The number of amides is 1. The van der Waals surface area contributed by atoms with Crippen molar-refractivity contribution >= 4 is 5.91 Å². The van der Waals surface area contributed by atoms with Gasteiger partial charge in [0.2, 0.25) is 13.1 Å². The smallest absolute Gasteiger partial charge is 0.283 e. The maximum Gasteiger partial charge on any atom is 0.283 e. The number of hydrogen-bond donors (Lipinski definition) is 2. The van der Waals surface area contributed by atoms with Crippen molar-refractivity contribution in [3.8, 4) is 11.5 Å². The van der Waals surface area contributed by atoms with E-state index in [4.69, 9.17) is 24.7 Å². The molecule has 136 valence electrons. The molecule has 0 unspecified atom stereocenters. The van der Waals surface area contributed by atoms with Crippen molar-refractivity contribution in [2.75, 3.05) is 20.0 Å². The summed E-state index contributed by atoms with van der Waals surface area (Å²) in [5, 5.41) is 9.23. The van der Waals surface area contributed by atoms with Crippen molar-refractivity contribution in [3.63, 3.8) is 0 Å². The van der Waals surface area contributed by atoms with Crippen LogP contribution in [0.15, 0.2) is 30.0 Å². The highest BCUT2D eigenvalue weighted by Crippen LogP contribution is 2.42. The van der Waals surface area contributed by atoms with E-state index in [1.54, 1.807) is 6.08 Å². The van der Waals surface area contributed by atoms with Crippen LogP contribution in [0.5, 0.6) is 11.5 Å². The number of carbonyl (C=O) groups is 1. The minimum Gasteiger partial charge on any atom is -0.459 e. The van der Waals surface area contributed by atoms with Crippen molar-refractivity contribution in [1.82, 2.24) is 0 Å². The van der Waals surface area contributed by atoms with Crippen LogP contribution in [-0.4, -0.2) is 37.3 Å². The lowest BCUT2D eigenvalue weighted by atomic mass is 9.80. The molecular formula is C18H23NO6. The third-order valence-electron chi connectivity index (χ3n) is 4.44. The van der Waals surface area contributed by atoms with Gasteiger partial charge in [-0.05, 0) is 43.5 Å². The molecule has 1 amide bonds.